The second kappa shape index (κ2) is 10.7. The fourth-order valence-corrected chi connectivity index (χ4v) is 5.27. The third-order valence-corrected chi connectivity index (χ3v) is 7.58. The summed E-state index contributed by atoms with van der Waals surface area (Å²) in [6.45, 7) is 0. The van der Waals surface area contributed by atoms with Gasteiger partial charge in [-0.3, -0.25) is 19.2 Å². The maximum Gasteiger partial charge on any atom is 0.266 e. The lowest BCUT2D eigenvalue weighted by molar-refractivity contribution is 0.482. The van der Waals surface area contributed by atoms with Crippen LogP contribution in [-0.4, -0.2) is 16.2 Å². The Morgan fingerprint density at radius 2 is 0.800 bits per heavy atom. The Balaban J connectivity index is 1.21. The summed E-state index contributed by atoms with van der Waals surface area (Å²) in [5.41, 5.74) is 5.57. The van der Waals surface area contributed by atoms with E-state index in [2.05, 4.69) is 5.32 Å². The molecule has 2 heterocycles. The molecule has 0 spiro atoms. The van der Waals surface area contributed by atoms with Crippen LogP contribution in [0, 0.1) is 0 Å². The van der Waals surface area contributed by atoms with Gasteiger partial charge in [0, 0.05) is 18.4 Å². The van der Waals surface area contributed by atoms with Gasteiger partial charge >= 0.3 is 0 Å². The monoisotopic (exact) mass is 596 g/mol. The Hall–Kier alpha value is -6.42. The summed E-state index contributed by atoms with van der Waals surface area (Å²) in [6, 6.07) is 29.9. The Morgan fingerprint density at radius 1 is 0.489 bits per heavy atom. The first-order chi connectivity index (χ1) is 21.8. The molecule has 10 nitrogen and oxygen atoms in total. The van der Waals surface area contributed by atoms with Crippen LogP contribution in [0.5, 0.6) is 23.0 Å². The van der Waals surface area contributed by atoms with Gasteiger partial charge in [0.05, 0.1) is 32.9 Å². The van der Waals surface area contributed by atoms with E-state index in [9.17, 15) is 19.2 Å². The predicted molar refractivity (Wildman–Crippen MR) is 175 cm³/mol. The van der Waals surface area contributed by atoms with E-state index in [0.29, 0.717) is 40.1 Å². The first-order valence-electron chi connectivity index (χ1n) is 14.0. The molecule has 0 bridgehead atoms. The number of benzene rings is 5. The van der Waals surface area contributed by atoms with Crippen LogP contribution in [0.25, 0.3) is 32.9 Å². The lowest BCUT2D eigenvalue weighted by Crippen LogP contribution is -2.24. The number of hydrogen-bond donors (Lipinski definition) is 2. The van der Waals surface area contributed by atoms with Crippen LogP contribution in [0.15, 0.2) is 128 Å². The number of nitrogens with one attached hydrogen (secondary N) is 1. The van der Waals surface area contributed by atoms with Gasteiger partial charge in [-0.1, -0.05) is 0 Å². The smallest absolute Gasteiger partial charge is 0.266 e. The van der Waals surface area contributed by atoms with E-state index in [0.717, 1.165) is 14.8 Å². The summed E-state index contributed by atoms with van der Waals surface area (Å²) >= 11 is 0. The molecule has 0 aliphatic heterocycles. The first-order valence-corrected chi connectivity index (χ1v) is 14.0. The van der Waals surface area contributed by atoms with Gasteiger partial charge in [0.2, 0.25) is 0 Å². The number of nitrogen functional groups attached to an aromatic ring is 1. The van der Waals surface area contributed by atoms with Crippen molar-refractivity contribution in [1.29, 1.82) is 0 Å². The van der Waals surface area contributed by atoms with Crippen molar-refractivity contribution in [1.82, 2.24) is 9.13 Å². The number of anilines is 2. The van der Waals surface area contributed by atoms with Gasteiger partial charge in [0.25, 0.3) is 22.2 Å². The highest BCUT2D eigenvalue weighted by Gasteiger charge is 2.21. The lowest BCUT2D eigenvalue weighted by atomic mass is 10.1. The summed E-state index contributed by atoms with van der Waals surface area (Å²) in [5, 5.41) is 3.25. The van der Waals surface area contributed by atoms with Crippen molar-refractivity contribution < 1.29 is 9.47 Å². The molecule has 3 N–H and O–H groups in total. The third kappa shape index (κ3) is 4.80. The van der Waals surface area contributed by atoms with E-state index in [4.69, 9.17) is 15.2 Å². The standard InChI is InChI=1S/C35H24N4O6/c1-37-21-4-12-25(13-5-21)45-27-16-8-23(9-17-27)39-34(42)30-18-28-29(19-31(30)35(39)43)33(41)38(32(28)40)22-6-14-26(15-7-22)44-24-10-2-20(36)3-11-24/h2-19,37H,36H2,1H3. The van der Waals surface area contributed by atoms with E-state index < -0.39 is 22.2 Å². The van der Waals surface area contributed by atoms with Crippen molar-refractivity contribution in [3.63, 3.8) is 0 Å². The van der Waals surface area contributed by atoms with Crippen LogP contribution in [0.4, 0.5) is 11.4 Å². The van der Waals surface area contributed by atoms with Crippen molar-refractivity contribution >= 4 is 32.9 Å². The maximum absolute atomic E-state index is 13.4. The highest BCUT2D eigenvalue weighted by molar-refractivity contribution is 5.98. The Kier molecular flexibility index (Phi) is 6.51. The molecule has 220 valence electrons. The van der Waals surface area contributed by atoms with E-state index in [1.54, 1.807) is 72.8 Å². The molecule has 5 aromatic carbocycles. The molecule has 0 unspecified atom stereocenters. The van der Waals surface area contributed by atoms with Crippen molar-refractivity contribution in [3.05, 3.63) is 151 Å². The van der Waals surface area contributed by atoms with Crippen molar-refractivity contribution in [2.45, 2.75) is 0 Å². The zero-order valence-corrected chi connectivity index (χ0v) is 23.8. The number of hydrogen-bond acceptors (Lipinski definition) is 8. The molecule has 7 rings (SSSR count). The first kappa shape index (κ1) is 27.4. The van der Waals surface area contributed by atoms with E-state index >= 15 is 0 Å². The van der Waals surface area contributed by atoms with Crippen molar-refractivity contribution in [2.75, 3.05) is 18.1 Å². The van der Waals surface area contributed by atoms with Gasteiger partial charge in [0.15, 0.2) is 0 Å². The quantitative estimate of drug-likeness (QED) is 0.243. The largest absolute Gasteiger partial charge is 0.457 e. The molecule has 7 aromatic rings. The summed E-state index contributed by atoms with van der Waals surface area (Å²) in [4.78, 5) is 53.7. The Morgan fingerprint density at radius 3 is 1.13 bits per heavy atom. The second-order valence-electron chi connectivity index (χ2n) is 10.4. The molecule has 45 heavy (non-hydrogen) atoms. The van der Waals surface area contributed by atoms with Crippen molar-refractivity contribution in [2.24, 2.45) is 0 Å². The number of rotatable bonds is 7. The molecule has 0 saturated carbocycles. The van der Waals surface area contributed by atoms with Crippen molar-refractivity contribution in [3.8, 4) is 34.4 Å². The molecule has 2 aromatic heterocycles. The third-order valence-electron chi connectivity index (χ3n) is 7.58. The van der Waals surface area contributed by atoms with Gasteiger partial charge in [-0.25, -0.2) is 9.13 Å². The highest BCUT2D eigenvalue weighted by atomic mass is 16.5. The number of ether oxygens (including phenoxy) is 2. The lowest BCUT2D eigenvalue weighted by Gasteiger charge is -2.08. The molecule has 0 aliphatic rings. The summed E-state index contributed by atoms with van der Waals surface area (Å²) in [6.07, 6.45) is 0. The molecular formula is C35H24N4O6. The molecule has 0 aliphatic carbocycles. The topological polar surface area (TPSA) is 135 Å². The summed E-state index contributed by atoms with van der Waals surface area (Å²) < 4.78 is 13.7. The number of aromatic nitrogens is 2. The number of nitrogens with zero attached hydrogens (tertiary/aromatic N) is 2. The Labute approximate surface area is 254 Å². The Bertz CT molecular complexity index is 2340. The minimum Gasteiger partial charge on any atom is -0.457 e. The van der Waals surface area contributed by atoms with E-state index in [1.165, 1.54) is 12.1 Å². The van der Waals surface area contributed by atoms with Gasteiger partial charge in [0.1, 0.15) is 23.0 Å². The average molecular weight is 597 g/mol. The molecule has 10 heteroatoms. The van der Waals surface area contributed by atoms with Gasteiger partial charge in [-0.2, -0.15) is 0 Å². The van der Waals surface area contributed by atoms with Gasteiger partial charge < -0.3 is 20.5 Å². The SMILES string of the molecule is CNc1ccc(Oc2ccc(-n3c(=O)c4cc5c(=O)n(-c6ccc(Oc7ccc(N)cc7)cc6)c(=O)c5cc4c3=O)cc2)cc1. The van der Waals surface area contributed by atoms with Gasteiger partial charge in [-0.05, 0) is 109 Å². The van der Waals surface area contributed by atoms with Gasteiger partial charge in [-0.15, -0.1) is 0 Å². The number of nitrogens with two attached hydrogens (primary N) is 1. The molecule has 0 amide bonds. The van der Waals surface area contributed by atoms with E-state index in [-0.39, 0.29) is 21.5 Å². The molecule has 0 atom stereocenters. The normalized spacial score (nSPS) is 11.2. The highest BCUT2D eigenvalue weighted by Crippen LogP contribution is 2.26. The summed E-state index contributed by atoms with van der Waals surface area (Å²) in [7, 11) is 1.83. The fraction of sp³-hybridized carbons (Fsp3) is 0.0286. The van der Waals surface area contributed by atoms with Crippen LogP contribution in [0.3, 0.4) is 0 Å². The van der Waals surface area contributed by atoms with E-state index in [1.807, 2.05) is 31.3 Å². The maximum atomic E-state index is 13.4. The minimum atomic E-state index is -0.590. The van der Waals surface area contributed by atoms with Crippen LogP contribution < -0.4 is 42.8 Å². The zero-order chi connectivity index (χ0) is 31.2. The summed E-state index contributed by atoms with van der Waals surface area (Å²) in [5.74, 6) is 2.23. The predicted octanol–water partition coefficient (Wildman–Crippen LogP) is 5.10. The zero-order valence-electron chi connectivity index (χ0n) is 23.8. The fourth-order valence-electron chi connectivity index (χ4n) is 5.27. The van der Waals surface area contributed by atoms with Crippen LogP contribution in [0.1, 0.15) is 0 Å². The van der Waals surface area contributed by atoms with Crippen LogP contribution in [-0.2, 0) is 0 Å². The van der Waals surface area contributed by atoms with Crippen LogP contribution in [0.2, 0.25) is 0 Å². The minimum absolute atomic E-state index is 0.0528. The second-order valence-corrected chi connectivity index (χ2v) is 10.4. The molecular weight excluding hydrogens is 572 g/mol. The molecule has 0 saturated heterocycles. The molecule has 0 radical (unpaired) electrons. The average Bonchev–Trinajstić information content (AvgIpc) is 3.45. The molecule has 0 fully saturated rings. The number of fused-ring (bicyclic) bond motifs is 2. The van der Waals surface area contributed by atoms with Crippen LogP contribution >= 0.6 is 0 Å².